The highest BCUT2D eigenvalue weighted by Gasteiger charge is 2.20. The van der Waals surface area contributed by atoms with Crippen molar-refractivity contribution in [2.75, 3.05) is 6.54 Å². The van der Waals surface area contributed by atoms with Crippen molar-refractivity contribution in [3.63, 3.8) is 0 Å². The predicted molar refractivity (Wildman–Crippen MR) is 78.3 cm³/mol. The van der Waals surface area contributed by atoms with E-state index in [1.54, 1.807) is 12.1 Å². The number of nitrogens with one attached hydrogen (secondary N) is 1. The number of hydrogen-bond acceptors (Lipinski definition) is 2. The smallest absolute Gasteiger partial charge is 0.224 e. The molecule has 1 aromatic rings. The highest BCUT2D eigenvalue weighted by Crippen LogP contribution is 2.17. The van der Waals surface area contributed by atoms with E-state index in [-0.39, 0.29) is 23.7 Å². The van der Waals surface area contributed by atoms with Gasteiger partial charge in [-0.3, -0.25) is 4.79 Å². The average Bonchev–Trinajstić information content (AvgIpc) is 2.40. The number of amides is 1. The van der Waals surface area contributed by atoms with Crippen LogP contribution in [0.4, 0.5) is 4.39 Å². The van der Waals surface area contributed by atoms with Gasteiger partial charge in [-0.1, -0.05) is 19.9 Å². The van der Waals surface area contributed by atoms with Crippen LogP contribution in [0.5, 0.6) is 0 Å². The molecule has 0 saturated heterocycles. The minimum Gasteiger partial charge on any atom is -0.354 e. The van der Waals surface area contributed by atoms with Crippen LogP contribution >= 0.6 is 15.9 Å². The van der Waals surface area contributed by atoms with Crippen LogP contribution in [0.3, 0.4) is 0 Å². The first-order valence-electron chi connectivity index (χ1n) is 6.39. The van der Waals surface area contributed by atoms with Crippen molar-refractivity contribution < 1.29 is 9.18 Å². The Morgan fingerprint density at radius 2 is 2.05 bits per heavy atom. The van der Waals surface area contributed by atoms with Gasteiger partial charge >= 0.3 is 0 Å². The highest BCUT2D eigenvalue weighted by molar-refractivity contribution is 9.10. The summed E-state index contributed by atoms with van der Waals surface area (Å²) in [6, 6.07) is 4.57. The van der Waals surface area contributed by atoms with Gasteiger partial charge < -0.3 is 11.1 Å². The van der Waals surface area contributed by atoms with Crippen LogP contribution in [0, 0.1) is 5.82 Å². The summed E-state index contributed by atoms with van der Waals surface area (Å²) in [7, 11) is 0. The van der Waals surface area contributed by atoms with Crippen molar-refractivity contribution in [3.8, 4) is 0 Å². The van der Waals surface area contributed by atoms with E-state index in [1.807, 2.05) is 13.8 Å². The summed E-state index contributed by atoms with van der Waals surface area (Å²) < 4.78 is 13.4. The number of halogens is 2. The van der Waals surface area contributed by atoms with Crippen molar-refractivity contribution in [1.82, 2.24) is 5.32 Å². The van der Waals surface area contributed by atoms with E-state index in [1.165, 1.54) is 6.07 Å². The van der Waals surface area contributed by atoms with Crippen LogP contribution in [-0.4, -0.2) is 18.0 Å². The van der Waals surface area contributed by atoms with E-state index in [0.29, 0.717) is 11.0 Å². The summed E-state index contributed by atoms with van der Waals surface area (Å²) in [5, 5.41) is 2.83. The summed E-state index contributed by atoms with van der Waals surface area (Å²) in [4.78, 5) is 11.8. The number of rotatable bonds is 6. The summed E-state index contributed by atoms with van der Waals surface area (Å²) in [6.45, 7) is 4.47. The fraction of sp³-hybridized carbons (Fsp3) is 0.500. The first-order chi connectivity index (χ1) is 8.90. The van der Waals surface area contributed by atoms with Crippen LogP contribution in [0.2, 0.25) is 0 Å². The third-order valence-corrected chi connectivity index (χ3v) is 4.00. The molecule has 0 aliphatic carbocycles. The molecule has 1 aromatic carbocycles. The van der Waals surface area contributed by atoms with Crippen molar-refractivity contribution >= 4 is 21.8 Å². The highest BCUT2D eigenvalue weighted by atomic mass is 79.9. The Kier molecular flexibility index (Phi) is 5.94. The summed E-state index contributed by atoms with van der Waals surface area (Å²) in [5.41, 5.74) is 6.53. The Hall–Kier alpha value is -0.940. The molecule has 0 saturated carbocycles. The second-order valence-corrected chi connectivity index (χ2v) is 5.63. The molecule has 0 unspecified atom stereocenters. The van der Waals surface area contributed by atoms with Crippen molar-refractivity contribution in [2.24, 2.45) is 5.73 Å². The number of benzene rings is 1. The minimum atomic E-state index is -0.348. The summed E-state index contributed by atoms with van der Waals surface area (Å²) >= 11 is 3.10. The fourth-order valence-electron chi connectivity index (χ4n) is 1.67. The van der Waals surface area contributed by atoms with Gasteiger partial charge in [0.1, 0.15) is 5.82 Å². The maximum Gasteiger partial charge on any atom is 0.224 e. The lowest BCUT2D eigenvalue weighted by Crippen LogP contribution is -2.49. The van der Waals surface area contributed by atoms with Gasteiger partial charge in [-0.25, -0.2) is 4.39 Å². The summed E-state index contributed by atoms with van der Waals surface area (Å²) in [6.07, 6.45) is 1.85. The zero-order chi connectivity index (χ0) is 14.5. The number of carbonyl (C=O) groups excluding carboxylic acids is 1. The van der Waals surface area contributed by atoms with E-state index < -0.39 is 0 Å². The second kappa shape index (κ2) is 7.01. The SMILES string of the molecule is CCC(N)(CC)CNC(=O)Cc1ccc(F)c(Br)c1. The number of hydrogen-bond donors (Lipinski definition) is 2. The molecule has 3 N–H and O–H groups in total. The molecule has 0 radical (unpaired) electrons. The van der Waals surface area contributed by atoms with E-state index in [9.17, 15) is 9.18 Å². The standard InChI is InChI=1S/C14H20BrFN2O/c1-3-14(17,4-2)9-18-13(19)8-10-5-6-12(16)11(15)7-10/h5-7H,3-4,8-9,17H2,1-2H3,(H,18,19). The Morgan fingerprint density at radius 3 is 2.58 bits per heavy atom. The van der Waals surface area contributed by atoms with Gasteiger partial charge in [-0.15, -0.1) is 0 Å². The normalized spacial score (nSPS) is 11.4. The van der Waals surface area contributed by atoms with E-state index in [4.69, 9.17) is 5.73 Å². The molecule has 0 heterocycles. The maximum absolute atomic E-state index is 13.1. The fourth-order valence-corrected chi connectivity index (χ4v) is 2.10. The molecule has 19 heavy (non-hydrogen) atoms. The third kappa shape index (κ3) is 4.91. The topological polar surface area (TPSA) is 55.1 Å². The molecule has 0 spiro atoms. The second-order valence-electron chi connectivity index (χ2n) is 4.77. The van der Waals surface area contributed by atoms with Gasteiger partial charge in [0.25, 0.3) is 0 Å². The molecule has 3 nitrogen and oxygen atoms in total. The van der Waals surface area contributed by atoms with Crippen molar-refractivity contribution in [3.05, 3.63) is 34.1 Å². The molecular weight excluding hydrogens is 311 g/mol. The molecule has 0 fully saturated rings. The van der Waals surface area contributed by atoms with Gasteiger partial charge in [-0.05, 0) is 46.5 Å². The quantitative estimate of drug-likeness (QED) is 0.842. The van der Waals surface area contributed by atoms with Gasteiger partial charge in [0.2, 0.25) is 5.91 Å². The monoisotopic (exact) mass is 330 g/mol. The molecule has 0 aliphatic rings. The maximum atomic E-state index is 13.1. The molecule has 106 valence electrons. The van der Waals surface area contributed by atoms with Gasteiger partial charge in [0.05, 0.1) is 10.9 Å². The lowest BCUT2D eigenvalue weighted by molar-refractivity contribution is -0.120. The van der Waals surface area contributed by atoms with E-state index >= 15 is 0 Å². The van der Waals surface area contributed by atoms with Crippen molar-refractivity contribution in [2.45, 2.75) is 38.6 Å². The zero-order valence-corrected chi connectivity index (χ0v) is 12.9. The molecule has 5 heteroatoms. The van der Waals surface area contributed by atoms with E-state index in [0.717, 1.165) is 18.4 Å². The van der Waals surface area contributed by atoms with Crippen LogP contribution in [-0.2, 0) is 11.2 Å². The van der Waals surface area contributed by atoms with E-state index in [2.05, 4.69) is 21.2 Å². The van der Waals surface area contributed by atoms with Crippen LogP contribution in [0.1, 0.15) is 32.3 Å². The molecule has 0 aromatic heterocycles. The number of nitrogens with two attached hydrogens (primary N) is 1. The third-order valence-electron chi connectivity index (χ3n) is 3.39. The predicted octanol–water partition coefficient (Wildman–Crippen LogP) is 2.76. The summed E-state index contributed by atoms with van der Waals surface area (Å²) in [5.74, 6) is -0.433. The average molecular weight is 331 g/mol. The lowest BCUT2D eigenvalue weighted by atomic mass is 9.94. The zero-order valence-electron chi connectivity index (χ0n) is 11.3. The molecule has 0 aliphatic heterocycles. The van der Waals surface area contributed by atoms with Gasteiger partial charge in [-0.2, -0.15) is 0 Å². The van der Waals surface area contributed by atoms with Crippen LogP contribution in [0.15, 0.2) is 22.7 Å². The number of carbonyl (C=O) groups is 1. The largest absolute Gasteiger partial charge is 0.354 e. The molecule has 1 amide bonds. The van der Waals surface area contributed by atoms with Gasteiger partial charge in [0.15, 0.2) is 0 Å². The van der Waals surface area contributed by atoms with Crippen LogP contribution in [0.25, 0.3) is 0 Å². The Balaban J connectivity index is 2.53. The molecule has 1 rings (SSSR count). The first kappa shape index (κ1) is 16.1. The first-order valence-corrected chi connectivity index (χ1v) is 7.19. The Morgan fingerprint density at radius 1 is 1.42 bits per heavy atom. The van der Waals surface area contributed by atoms with Gasteiger partial charge in [0, 0.05) is 12.1 Å². The molecule has 0 bridgehead atoms. The Bertz CT molecular complexity index is 447. The van der Waals surface area contributed by atoms with Crippen molar-refractivity contribution in [1.29, 1.82) is 0 Å². The Labute approximate surface area is 121 Å². The minimum absolute atomic E-state index is 0.102. The lowest BCUT2D eigenvalue weighted by Gasteiger charge is -2.26. The molecular formula is C14H20BrFN2O. The van der Waals surface area contributed by atoms with Crippen LogP contribution < -0.4 is 11.1 Å². The molecule has 0 atom stereocenters.